The van der Waals surface area contributed by atoms with E-state index in [9.17, 15) is 29.9 Å². The van der Waals surface area contributed by atoms with E-state index < -0.39 is 52.3 Å². The SMILES string of the molecule is C[C@H]1C[C@@H]2C(=O)N(c3cccc([N+](=O)[O-])c3)C(=O)[C@@H]2[C@@H]2C[C@@H](c3ccc(CO)o3)O[C@]12O. The highest BCUT2D eigenvalue weighted by atomic mass is 16.6. The van der Waals surface area contributed by atoms with Crippen molar-refractivity contribution >= 4 is 23.2 Å². The zero-order valence-electron chi connectivity index (χ0n) is 17.2. The summed E-state index contributed by atoms with van der Waals surface area (Å²) in [5.74, 6) is -4.25. The Morgan fingerprint density at radius 3 is 2.69 bits per heavy atom. The molecule has 0 spiro atoms. The van der Waals surface area contributed by atoms with E-state index in [1.54, 1.807) is 19.1 Å². The number of hydrogen-bond acceptors (Lipinski definition) is 8. The van der Waals surface area contributed by atoms with Gasteiger partial charge in [-0.25, -0.2) is 4.90 Å². The second kappa shape index (κ2) is 7.22. The summed E-state index contributed by atoms with van der Waals surface area (Å²) in [6.45, 7) is 1.51. The van der Waals surface area contributed by atoms with Gasteiger partial charge in [0.25, 0.3) is 5.69 Å². The van der Waals surface area contributed by atoms with Gasteiger partial charge in [-0.15, -0.1) is 0 Å². The van der Waals surface area contributed by atoms with Gasteiger partial charge in [0, 0.05) is 24.0 Å². The fraction of sp³-hybridized carbons (Fsp3) is 0.455. The summed E-state index contributed by atoms with van der Waals surface area (Å²) >= 11 is 0. The van der Waals surface area contributed by atoms with Crippen LogP contribution in [0.5, 0.6) is 0 Å². The Morgan fingerprint density at radius 1 is 1.22 bits per heavy atom. The lowest BCUT2D eigenvalue weighted by Crippen LogP contribution is -2.52. The number of nitro benzene ring substituents is 1. The fourth-order valence-electron chi connectivity index (χ4n) is 5.47. The molecule has 3 fully saturated rings. The summed E-state index contributed by atoms with van der Waals surface area (Å²) in [4.78, 5) is 38.2. The number of aliphatic hydroxyl groups is 2. The summed E-state index contributed by atoms with van der Waals surface area (Å²) in [6.07, 6.45) is -0.107. The number of imide groups is 1. The number of carbonyl (C=O) groups is 2. The first-order chi connectivity index (χ1) is 15.2. The van der Waals surface area contributed by atoms with E-state index in [2.05, 4.69) is 0 Å². The predicted octanol–water partition coefficient (Wildman–Crippen LogP) is 2.29. The first-order valence-electron chi connectivity index (χ1n) is 10.5. The molecular weight excluding hydrogens is 420 g/mol. The van der Waals surface area contributed by atoms with Gasteiger partial charge in [0.2, 0.25) is 11.8 Å². The van der Waals surface area contributed by atoms with Gasteiger partial charge in [-0.2, -0.15) is 0 Å². The lowest BCUT2D eigenvalue weighted by atomic mass is 9.65. The van der Waals surface area contributed by atoms with Crippen molar-refractivity contribution < 1.29 is 33.9 Å². The minimum atomic E-state index is -1.62. The topological polar surface area (TPSA) is 143 Å². The molecule has 0 unspecified atom stereocenters. The number of nitro groups is 1. The summed E-state index contributed by atoms with van der Waals surface area (Å²) in [5.41, 5.74) is -0.0708. The third-order valence-corrected chi connectivity index (χ3v) is 7.01. The van der Waals surface area contributed by atoms with E-state index in [-0.39, 0.29) is 30.8 Å². The van der Waals surface area contributed by atoms with E-state index >= 15 is 0 Å². The Kier molecular flexibility index (Phi) is 4.70. The monoisotopic (exact) mass is 442 g/mol. The Hall–Kier alpha value is -3.08. The number of hydrogen-bond donors (Lipinski definition) is 2. The number of nitrogens with zero attached hydrogens (tertiary/aromatic N) is 2. The van der Waals surface area contributed by atoms with E-state index in [0.29, 0.717) is 11.5 Å². The second-order valence-corrected chi connectivity index (χ2v) is 8.72. The van der Waals surface area contributed by atoms with Crippen molar-refractivity contribution in [1.82, 2.24) is 0 Å². The Bertz CT molecular complexity index is 1110. The fourth-order valence-corrected chi connectivity index (χ4v) is 5.47. The van der Waals surface area contributed by atoms with Crippen LogP contribution in [0.25, 0.3) is 0 Å². The van der Waals surface area contributed by atoms with Gasteiger partial charge in [0.05, 0.1) is 22.4 Å². The zero-order valence-corrected chi connectivity index (χ0v) is 17.2. The molecule has 2 N–H and O–H groups in total. The largest absolute Gasteiger partial charge is 0.461 e. The molecule has 2 aliphatic heterocycles. The zero-order chi connectivity index (χ0) is 22.8. The number of anilines is 1. The van der Waals surface area contributed by atoms with Gasteiger partial charge >= 0.3 is 0 Å². The lowest BCUT2D eigenvalue weighted by molar-refractivity contribution is -0.384. The lowest BCUT2D eigenvalue weighted by Gasteiger charge is -2.43. The van der Waals surface area contributed by atoms with E-state index in [4.69, 9.17) is 9.15 Å². The number of rotatable bonds is 4. The molecule has 1 aromatic carbocycles. The first-order valence-corrected chi connectivity index (χ1v) is 10.5. The number of fused-ring (bicyclic) bond motifs is 3. The standard InChI is InChI=1S/C22H22N2O8/c1-11-7-15-19(16-9-18(32-22(11,16)28)17-6-5-14(10-25)31-17)21(27)23(20(15)26)12-3-2-4-13(8-12)24(29)30/h2-6,8,11,15-16,18-19,25,28H,7,9-10H2,1H3/t11-,15-,16-,18-,19-,22+/m0/s1. The van der Waals surface area contributed by atoms with Gasteiger partial charge in [0.1, 0.15) is 24.2 Å². The molecule has 2 saturated heterocycles. The molecule has 5 rings (SSSR count). The summed E-state index contributed by atoms with van der Waals surface area (Å²) < 4.78 is 11.6. The summed E-state index contributed by atoms with van der Waals surface area (Å²) in [5, 5.41) is 31.8. The molecule has 1 saturated carbocycles. The average Bonchev–Trinajstić information content (AvgIpc) is 3.44. The molecule has 2 aromatic rings. The number of ether oxygens (including phenoxy) is 1. The summed E-state index contributed by atoms with van der Waals surface area (Å²) in [7, 11) is 0. The molecule has 168 valence electrons. The average molecular weight is 442 g/mol. The van der Waals surface area contributed by atoms with Gasteiger partial charge in [-0.3, -0.25) is 19.7 Å². The van der Waals surface area contributed by atoms with Gasteiger partial charge in [0.15, 0.2) is 5.79 Å². The third kappa shape index (κ3) is 2.90. The van der Waals surface area contributed by atoms with Gasteiger partial charge < -0.3 is 19.4 Å². The highest BCUT2D eigenvalue weighted by molar-refractivity contribution is 6.22. The normalized spacial score (nSPS) is 34.0. The molecule has 0 bridgehead atoms. The number of furan rings is 1. The van der Waals surface area contributed by atoms with Crippen LogP contribution in [0.2, 0.25) is 0 Å². The minimum absolute atomic E-state index is 0.147. The van der Waals surface area contributed by atoms with Gasteiger partial charge in [-0.05, 0) is 31.0 Å². The molecule has 10 heteroatoms. The number of amides is 2. The summed E-state index contributed by atoms with van der Waals surface area (Å²) in [6, 6.07) is 8.70. The molecule has 6 atom stereocenters. The molecule has 1 aromatic heterocycles. The Balaban J connectivity index is 1.49. The van der Waals surface area contributed by atoms with Crippen LogP contribution in [0, 0.1) is 33.8 Å². The number of aliphatic hydroxyl groups excluding tert-OH is 1. The van der Waals surface area contributed by atoms with Crippen LogP contribution in [0.3, 0.4) is 0 Å². The van der Waals surface area contributed by atoms with E-state index in [1.807, 2.05) is 0 Å². The molecular formula is C22H22N2O8. The van der Waals surface area contributed by atoms with Crippen molar-refractivity contribution in [3.63, 3.8) is 0 Å². The molecule has 3 heterocycles. The molecule has 2 amide bonds. The van der Waals surface area contributed by atoms with Crippen LogP contribution in [0.4, 0.5) is 11.4 Å². The van der Waals surface area contributed by atoms with Gasteiger partial charge in [-0.1, -0.05) is 13.0 Å². The number of benzene rings is 1. The first kappa shape index (κ1) is 20.8. The van der Waals surface area contributed by atoms with E-state index in [0.717, 1.165) is 4.90 Å². The third-order valence-electron chi connectivity index (χ3n) is 7.01. The minimum Gasteiger partial charge on any atom is -0.461 e. The van der Waals surface area contributed by atoms with Crippen molar-refractivity contribution in [2.45, 2.75) is 38.3 Å². The molecule has 10 nitrogen and oxygen atoms in total. The van der Waals surface area contributed by atoms with Crippen LogP contribution < -0.4 is 4.90 Å². The van der Waals surface area contributed by atoms with Crippen molar-refractivity contribution in [2.24, 2.45) is 23.7 Å². The van der Waals surface area contributed by atoms with Crippen molar-refractivity contribution in [3.8, 4) is 0 Å². The Morgan fingerprint density at radius 2 is 2.00 bits per heavy atom. The number of non-ortho nitro benzene ring substituents is 1. The van der Waals surface area contributed by atoms with Crippen LogP contribution in [-0.2, 0) is 20.9 Å². The maximum absolute atomic E-state index is 13.4. The molecule has 0 radical (unpaired) electrons. The maximum atomic E-state index is 13.4. The quantitative estimate of drug-likeness (QED) is 0.417. The highest BCUT2D eigenvalue weighted by Crippen LogP contribution is 2.58. The smallest absolute Gasteiger partial charge is 0.271 e. The maximum Gasteiger partial charge on any atom is 0.271 e. The number of carbonyl (C=O) groups excluding carboxylic acids is 2. The second-order valence-electron chi connectivity index (χ2n) is 8.72. The van der Waals surface area contributed by atoms with Crippen LogP contribution >= 0.6 is 0 Å². The van der Waals surface area contributed by atoms with Crippen molar-refractivity contribution in [1.29, 1.82) is 0 Å². The van der Waals surface area contributed by atoms with E-state index in [1.165, 1.54) is 24.3 Å². The molecule has 1 aliphatic carbocycles. The van der Waals surface area contributed by atoms with Crippen molar-refractivity contribution in [3.05, 3.63) is 58.0 Å². The van der Waals surface area contributed by atoms with Crippen molar-refractivity contribution in [2.75, 3.05) is 4.90 Å². The predicted molar refractivity (Wildman–Crippen MR) is 108 cm³/mol. The highest BCUT2D eigenvalue weighted by Gasteiger charge is 2.66. The molecule has 3 aliphatic rings. The van der Waals surface area contributed by atoms with Crippen LogP contribution in [-0.4, -0.2) is 32.7 Å². The van der Waals surface area contributed by atoms with Crippen LogP contribution in [0.15, 0.2) is 40.8 Å². The molecule has 32 heavy (non-hydrogen) atoms. The Labute approximate surface area is 182 Å². The van der Waals surface area contributed by atoms with Crippen LogP contribution in [0.1, 0.15) is 37.4 Å².